The van der Waals surface area contributed by atoms with Gasteiger partial charge in [-0.25, -0.2) is 0 Å². The van der Waals surface area contributed by atoms with E-state index >= 15 is 0 Å². The lowest BCUT2D eigenvalue weighted by Gasteiger charge is -2.40. The Bertz CT molecular complexity index is 1220. The number of nitrogens with one attached hydrogen (secondary N) is 1. The molecule has 7 unspecified atom stereocenters. The van der Waals surface area contributed by atoms with E-state index in [0.29, 0.717) is 6.42 Å². The Labute approximate surface area is 424 Å². The van der Waals surface area contributed by atoms with Crippen molar-refractivity contribution in [1.29, 1.82) is 0 Å². The molecule has 0 bridgehead atoms. The molecule has 6 N–H and O–H groups in total. The molecule has 1 fully saturated rings. The van der Waals surface area contributed by atoms with Crippen LogP contribution in [0.3, 0.4) is 0 Å². The maximum absolute atomic E-state index is 13.0. The summed E-state index contributed by atoms with van der Waals surface area (Å²) in [6, 6.07) is -0.826. The molecule has 9 heteroatoms. The fraction of sp³-hybridized carbons (Fsp3) is 0.850. The Morgan fingerprint density at radius 1 is 0.478 bits per heavy atom. The summed E-state index contributed by atoms with van der Waals surface area (Å²) in [7, 11) is 0. The average molecular weight is 975 g/mol. The van der Waals surface area contributed by atoms with Crippen LogP contribution in [0.15, 0.2) is 48.6 Å². The first kappa shape index (κ1) is 65.2. The number of amides is 1. The minimum atomic E-state index is -1.57. The monoisotopic (exact) mass is 974 g/mol. The maximum Gasteiger partial charge on any atom is 0.220 e. The van der Waals surface area contributed by atoms with Crippen molar-refractivity contribution in [3.63, 3.8) is 0 Å². The summed E-state index contributed by atoms with van der Waals surface area (Å²) >= 11 is 0. The van der Waals surface area contributed by atoms with Crippen LogP contribution in [0.1, 0.15) is 271 Å². The van der Waals surface area contributed by atoms with E-state index in [0.717, 1.165) is 51.4 Å². The lowest BCUT2D eigenvalue weighted by atomic mass is 9.99. The van der Waals surface area contributed by atoms with Crippen LogP contribution in [-0.4, -0.2) is 87.5 Å². The van der Waals surface area contributed by atoms with E-state index in [1.807, 2.05) is 6.08 Å². The molecule has 0 saturated carbocycles. The number of allylic oxidation sites excluding steroid dienone is 7. The normalized spacial score (nSPS) is 19.8. The van der Waals surface area contributed by atoms with Crippen molar-refractivity contribution in [2.24, 2.45) is 0 Å². The smallest absolute Gasteiger partial charge is 0.220 e. The quantitative estimate of drug-likeness (QED) is 0.0261. The average Bonchev–Trinajstić information content (AvgIpc) is 3.35. The molecule has 404 valence electrons. The largest absolute Gasteiger partial charge is 0.394 e. The summed E-state index contributed by atoms with van der Waals surface area (Å²) < 4.78 is 11.2. The molecule has 1 rings (SSSR count). The van der Waals surface area contributed by atoms with Crippen LogP contribution >= 0.6 is 0 Å². The third-order valence-corrected chi connectivity index (χ3v) is 13.9. The lowest BCUT2D eigenvalue weighted by Crippen LogP contribution is -2.60. The van der Waals surface area contributed by atoms with Gasteiger partial charge in [-0.3, -0.25) is 4.79 Å². The van der Waals surface area contributed by atoms with Gasteiger partial charge in [0.1, 0.15) is 24.4 Å². The number of aliphatic hydroxyl groups is 5. The van der Waals surface area contributed by atoms with Crippen LogP contribution in [0.4, 0.5) is 0 Å². The van der Waals surface area contributed by atoms with Crippen LogP contribution < -0.4 is 5.32 Å². The molecular weight excluding hydrogens is 863 g/mol. The highest BCUT2D eigenvalue weighted by atomic mass is 16.7. The highest BCUT2D eigenvalue weighted by molar-refractivity contribution is 5.76. The van der Waals surface area contributed by atoms with Gasteiger partial charge in [0, 0.05) is 6.42 Å². The lowest BCUT2D eigenvalue weighted by molar-refractivity contribution is -0.302. The predicted molar refractivity (Wildman–Crippen MR) is 290 cm³/mol. The zero-order valence-electron chi connectivity index (χ0n) is 44.8. The van der Waals surface area contributed by atoms with Crippen LogP contribution in [0.25, 0.3) is 0 Å². The Morgan fingerprint density at radius 3 is 1.25 bits per heavy atom. The molecule has 1 heterocycles. The van der Waals surface area contributed by atoms with Crippen molar-refractivity contribution in [2.45, 2.75) is 314 Å². The summed E-state index contributed by atoms with van der Waals surface area (Å²) in [5.41, 5.74) is 0. The van der Waals surface area contributed by atoms with E-state index in [4.69, 9.17) is 9.47 Å². The van der Waals surface area contributed by atoms with Crippen LogP contribution in [0.2, 0.25) is 0 Å². The summed E-state index contributed by atoms with van der Waals surface area (Å²) in [5, 5.41) is 54.3. The summed E-state index contributed by atoms with van der Waals surface area (Å²) in [6.07, 6.45) is 59.2. The molecular formula is C60H111NO8. The molecule has 0 aromatic heterocycles. The van der Waals surface area contributed by atoms with Crippen molar-refractivity contribution < 1.29 is 39.8 Å². The second kappa shape index (κ2) is 49.7. The first-order valence-corrected chi connectivity index (χ1v) is 29.4. The third-order valence-electron chi connectivity index (χ3n) is 13.9. The number of hydrogen-bond donors (Lipinski definition) is 6. The molecule has 9 nitrogen and oxygen atoms in total. The maximum atomic E-state index is 13.0. The molecule has 1 aliphatic rings. The molecule has 7 atom stereocenters. The van der Waals surface area contributed by atoms with Gasteiger partial charge < -0.3 is 40.3 Å². The number of carbonyl (C=O) groups is 1. The number of rotatable bonds is 50. The molecule has 69 heavy (non-hydrogen) atoms. The first-order chi connectivity index (χ1) is 33.8. The van der Waals surface area contributed by atoms with Gasteiger partial charge in [0.25, 0.3) is 0 Å². The zero-order valence-corrected chi connectivity index (χ0v) is 44.8. The molecule has 0 aromatic rings. The molecule has 1 amide bonds. The van der Waals surface area contributed by atoms with E-state index in [1.54, 1.807) is 6.08 Å². The second-order valence-electron chi connectivity index (χ2n) is 20.4. The van der Waals surface area contributed by atoms with E-state index in [1.165, 1.54) is 199 Å². The fourth-order valence-corrected chi connectivity index (χ4v) is 9.18. The zero-order chi connectivity index (χ0) is 50.1. The van der Waals surface area contributed by atoms with E-state index < -0.39 is 49.5 Å². The number of hydrogen-bond acceptors (Lipinski definition) is 8. The predicted octanol–water partition coefficient (Wildman–Crippen LogP) is 14.5. The van der Waals surface area contributed by atoms with Crippen molar-refractivity contribution in [2.75, 3.05) is 13.2 Å². The SMILES string of the molecule is CCCCC/C=C/CC/C=C/CC/C=C/C(O)C(COC1OC(CO)C(O)C(O)C1O)NC(=O)CCCCCCCCCCCCCCCCCCCCCCC/C=C\CCCCCCCCCC. The molecule has 1 aliphatic heterocycles. The first-order valence-electron chi connectivity index (χ1n) is 29.4. The molecule has 1 saturated heterocycles. The molecule has 0 spiro atoms. The number of unbranched alkanes of at least 4 members (excludes halogenated alkanes) is 34. The highest BCUT2D eigenvalue weighted by Gasteiger charge is 2.44. The number of aliphatic hydroxyl groups excluding tert-OH is 5. The van der Waals surface area contributed by atoms with E-state index in [2.05, 4.69) is 55.6 Å². The Balaban J connectivity index is 2.11. The van der Waals surface area contributed by atoms with E-state index in [9.17, 15) is 30.3 Å². The summed E-state index contributed by atoms with van der Waals surface area (Å²) in [6.45, 7) is 3.73. The fourth-order valence-electron chi connectivity index (χ4n) is 9.18. The standard InChI is InChI=1S/C60H111NO8/c1-3-5-7-9-11-13-15-17-18-19-20-21-22-23-24-25-26-27-28-29-30-31-32-33-34-35-36-38-40-42-44-46-48-50-56(64)61-53(52-68-60-59(67)58(66)57(65)55(51-62)69-60)54(63)49-47-45-43-41-39-37-16-14-12-10-8-6-4-2/h12,14,19-20,39,41,47,49,53-55,57-60,62-63,65-67H,3-11,13,15-18,21-38,40,42-46,48,50-52H2,1-2H3,(H,61,64)/b14-12+,20-19-,41-39+,49-47+. The number of ether oxygens (including phenoxy) is 2. The Hall–Kier alpha value is -1.85. The van der Waals surface area contributed by atoms with Gasteiger partial charge in [-0.15, -0.1) is 0 Å². The van der Waals surface area contributed by atoms with Crippen molar-refractivity contribution in [3.05, 3.63) is 48.6 Å². The van der Waals surface area contributed by atoms with Gasteiger partial charge in [-0.1, -0.05) is 242 Å². The van der Waals surface area contributed by atoms with E-state index in [-0.39, 0.29) is 12.5 Å². The van der Waals surface area contributed by atoms with Crippen LogP contribution in [-0.2, 0) is 14.3 Å². The van der Waals surface area contributed by atoms with Gasteiger partial charge in [0.05, 0.1) is 25.4 Å². The summed E-state index contributed by atoms with van der Waals surface area (Å²) in [4.78, 5) is 13.0. The Kier molecular flexibility index (Phi) is 47.0. The highest BCUT2D eigenvalue weighted by Crippen LogP contribution is 2.23. The van der Waals surface area contributed by atoms with Gasteiger partial charge >= 0.3 is 0 Å². The third kappa shape index (κ3) is 39.4. The summed E-state index contributed by atoms with van der Waals surface area (Å²) in [5.74, 6) is -0.189. The van der Waals surface area contributed by atoms with Crippen molar-refractivity contribution in [1.82, 2.24) is 5.32 Å². The van der Waals surface area contributed by atoms with Crippen molar-refractivity contribution >= 4 is 5.91 Å². The molecule has 0 aliphatic carbocycles. The minimum Gasteiger partial charge on any atom is -0.394 e. The van der Waals surface area contributed by atoms with Gasteiger partial charge in [0.15, 0.2) is 6.29 Å². The van der Waals surface area contributed by atoms with Crippen LogP contribution in [0.5, 0.6) is 0 Å². The van der Waals surface area contributed by atoms with Crippen LogP contribution in [0, 0.1) is 0 Å². The van der Waals surface area contributed by atoms with Gasteiger partial charge in [-0.2, -0.15) is 0 Å². The van der Waals surface area contributed by atoms with Gasteiger partial charge in [-0.05, 0) is 70.6 Å². The van der Waals surface area contributed by atoms with Crippen molar-refractivity contribution in [3.8, 4) is 0 Å². The molecule has 0 radical (unpaired) electrons. The minimum absolute atomic E-state index is 0.189. The second-order valence-corrected chi connectivity index (χ2v) is 20.4. The topological polar surface area (TPSA) is 149 Å². The Morgan fingerprint density at radius 2 is 0.826 bits per heavy atom. The molecule has 0 aromatic carbocycles. The number of carbonyl (C=O) groups excluding carboxylic acids is 1. The van der Waals surface area contributed by atoms with Gasteiger partial charge in [0.2, 0.25) is 5.91 Å².